The van der Waals surface area contributed by atoms with Gasteiger partial charge in [0.05, 0.1) is 18.1 Å². The van der Waals surface area contributed by atoms with Crippen LogP contribution in [0.5, 0.6) is 11.5 Å². The van der Waals surface area contributed by atoms with Crippen molar-refractivity contribution in [3.63, 3.8) is 0 Å². The topological polar surface area (TPSA) is 102 Å². The molecule has 0 bridgehead atoms. The van der Waals surface area contributed by atoms with Crippen molar-refractivity contribution in [2.45, 2.75) is 30.6 Å². The molecule has 42 heavy (non-hydrogen) atoms. The highest BCUT2D eigenvalue weighted by molar-refractivity contribution is 7.98. The van der Waals surface area contributed by atoms with Gasteiger partial charge in [0.15, 0.2) is 22.4 Å². The normalized spacial score (nSPS) is 14.7. The Balaban J connectivity index is 1.03. The van der Waals surface area contributed by atoms with Crippen molar-refractivity contribution >= 4 is 23.5 Å². The number of fused-ring (bicyclic) bond motifs is 1. The van der Waals surface area contributed by atoms with Gasteiger partial charge in [-0.05, 0) is 35.4 Å². The molecule has 10 nitrogen and oxygen atoms in total. The second-order valence-electron chi connectivity index (χ2n) is 10.1. The second-order valence-corrected chi connectivity index (χ2v) is 11.0. The third-order valence-electron chi connectivity index (χ3n) is 7.10. The molecule has 1 amide bonds. The molecule has 6 rings (SSSR count). The van der Waals surface area contributed by atoms with E-state index in [2.05, 4.69) is 50.4 Å². The molecule has 2 aliphatic heterocycles. The molecule has 0 unspecified atom stereocenters. The number of ether oxygens (including phenoxy) is 3. The third-order valence-corrected chi connectivity index (χ3v) is 7.97. The van der Waals surface area contributed by atoms with E-state index in [0.29, 0.717) is 41.3 Å². The molecule has 0 radical (unpaired) electrons. The fourth-order valence-corrected chi connectivity index (χ4v) is 5.68. The summed E-state index contributed by atoms with van der Waals surface area (Å²) >= 11 is 1.47. The predicted octanol–water partition coefficient (Wildman–Crippen LogP) is 4.49. The van der Waals surface area contributed by atoms with Gasteiger partial charge < -0.3 is 28.8 Å². The van der Waals surface area contributed by atoms with Crippen LogP contribution in [0.25, 0.3) is 0 Å². The van der Waals surface area contributed by atoms with E-state index in [1.165, 1.54) is 17.3 Å². The SMILES string of the molecule is COCc1cc(N2CCN(Cc3ccccc3)CC2)nc(SCc2ccc(C(=O)NCc3ccc4c(c3)OCO4)o2)n1. The lowest BCUT2D eigenvalue weighted by atomic mass is 10.2. The summed E-state index contributed by atoms with van der Waals surface area (Å²) in [5, 5.41) is 3.54. The van der Waals surface area contributed by atoms with Crippen molar-refractivity contribution in [1.82, 2.24) is 20.2 Å². The van der Waals surface area contributed by atoms with E-state index >= 15 is 0 Å². The van der Waals surface area contributed by atoms with Crippen molar-refractivity contribution in [3.8, 4) is 11.5 Å². The molecule has 1 N–H and O–H groups in total. The maximum Gasteiger partial charge on any atom is 0.287 e. The first kappa shape index (κ1) is 28.1. The van der Waals surface area contributed by atoms with Crippen LogP contribution in [0.3, 0.4) is 0 Å². The Morgan fingerprint density at radius 3 is 2.62 bits per heavy atom. The van der Waals surface area contributed by atoms with Crippen LogP contribution < -0.4 is 19.7 Å². The molecular weight excluding hydrogens is 554 g/mol. The number of carbonyl (C=O) groups is 1. The molecule has 1 saturated heterocycles. The van der Waals surface area contributed by atoms with E-state index in [1.54, 1.807) is 13.2 Å². The Morgan fingerprint density at radius 1 is 0.952 bits per heavy atom. The number of rotatable bonds is 11. The summed E-state index contributed by atoms with van der Waals surface area (Å²) < 4.78 is 22.0. The third kappa shape index (κ3) is 7.04. The summed E-state index contributed by atoms with van der Waals surface area (Å²) in [6.07, 6.45) is 0. The van der Waals surface area contributed by atoms with Crippen LogP contribution in [0.4, 0.5) is 5.82 Å². The minimum atomic E-state index is -0.282. The van der Waals surface area contributed by atoms with Crippen LogP contribution in [0.15, 0.2) is 76.3 Å². The number of hydrogen-bond acceptors (Lipinski definition) is 10. The molecule has 0 atom stereocenters. The number of thioether (sulfide) groups is 1. The Kier molecular flexibility index (Phi) is 8.88. The number of carbonyl (C=O) groups excluding carboxylic acids is 1. The largest absolute Gasteiger partial charge is 0.455 e. The maximum atomic E-state index is 12.7. The first-order valence-electron chi connectivity index (χ1n) is 13.9. The van der Waals surface area contributed by atoms with Crippen molar-refractivity contribution in [1.29, 1.82) is 0 Å². The molecule has 0 aliphatic carbocycles. The number of nitrogens with zero attached hydrogens (tertiary/aromatic N) is 4. The maximum absolute atomic E-state index is 12.7. The fraction of sp³-hybridized carbons (Fsp3) is 0.323. The highest BCUT2D eigenvalue weighted by Crippen LogP contribution is 2.32. The molecule has 0 spiro atoms. The highest BCUT2D eigenvalue weighted by atomic mass is 32.2. The number of hydrogen-bond donors (Lipinski definition) is 1. The van der Waals surface area contributed by atoms with E-state index in [0.717, 1.165) is 49.8 Å². The molecule has 1 fully saturated rings. The van der Waals surface area contributed by atoms with Gasteiger partial charge in [-0.3, -0.25) is 9.69 Å². The summed E-state index contributed by atoms with van der Waals surface area (Å²) in [6.45, 7) is 5.64. The van der Waals surface area contributed by atoms with E-state index in [1.807, 2.05) is 30.3 Å². The number of aromatic nitrogens is 2. The van der Waals surface area contributed by atoms with Gasteiger partial charge in [-0.2, -0.15) is 0 Å². The lowest BCUT2D eigenvalue weighted by molar-refractivity contribution is 0.0921. The van der Waals surface area contributed by atoms with Gasteiger partial charge >= 0.3 is 0 Å². The number of benzene rings is 2. The molecule has 2 aromatic carbocycles. The predicted molar refractivity (Wildman–Crippen MR) is 159 cm³/mol. The zero-order chi connectivity index (χ0) is 28.7. The van der Waals surface area contributed by atoms with Crippen molar-refractivity contribution in [2.75, 3.05) is 45.0 Å². The van der Waals surface area contributed by atoms with Crippen molar-refractivity contribution < 1.29 is 23.4 Å². The number of methoxy groups -OCH3 is 1. The van der Waals surface area contributed by atoms with Gasteiger partial charge in [-0.25, -0.2) is 9.97 Å². The van der Waals surface area contributed by atoms with Gasteiger partial charge in [0, 0.05) is 52.4 Å². The molecular formula is C31H33N5O5S. The molecule has 2 aliphatic rings. The average Bonchev–Trinajstić information content (AvgIpc) is 3.70. The lowest BCUT2D eigenvalue weighted by Gasteiger charge is -2.35. The minimum Gasteiger partial charge on any atom is -0.455 e. The number of furan rings is 1. The molecule has 11 heteroatoms. The monoisotopic (exact) mass is 587 g/mol. The van der Waals surface area contributed by atoms with Gasteiger partial charge in [-0.1, -0.05) is 48.2 Å². The van der Waals surface area contributed by atoms with Crippen LogP contribution >= 0.6 is 11.8 Å². The molecule has 4 heterocycles. The Labute approximate surface area is 249 Å². The van der Waals surface area contributed by atoms with Gasteiger partial charge in [0.25, 0.3) is 5.91 Å². The standard InChI is InChI=1S/C31H33N5O5S/c1-38-19-24-16-29(36-13-11-35(12-14-36)18-22-5-3-2-4-6-22)34-31(33-24)42-20-25-8-10-27(41-25)30(37)32-17-23-7-9-26-28(15-23)40-21-39-26/h2-10,15-16H,11-14,17-21H2,1H3,(H,32,37). The van der Waals surface area contributed by atoms with E-state index in [4.69, 9.17) is 23.6 Å². The summed E-state index contributed by atoms with van der Waals surface area (Å²) in [5.41, 5.74) is 3.08. The van der Waals surface area contributed by atoms with Gasteiger partial charge in [0.2, 0.25) is 6.79 Å². The zero-order valence-corrected chi connectivity index (χ0v) is 24.3. The highest BCUT2D eigenvalue weighted by Gasteiger charge is 2.20. The smallest absolute Gasteiger partial charge is 0.287 e. The minimum absolute atomic E-state index is 0.216. The van der Waals surface area contributed by atoms with Crippen LogP contribution in [0, 0.1) is 0 Å². The summed E-state index contributed by atoms with van der Waals surface area (Å²) in [7, 11) is 1.67. The Morgan fingerprint density at radius 2 is 1.79 bits per heavy atom. The Hall–Kier alpha value is -4.06. The quantitative estimate of drug-likeness (QED) is 0.200. The summed E-state index contributed by atoms with van der Waals surface area (Å²) in [5.74, 6) is 3.45. The first-order valence-corrected chi connectivity index (χ1v) is 14.9. The van der Waals surface area contributed by atoms with Crippen LogP contribution in [-0.4, -0.2) is 60.9 Å². The second kappa shape index (κ2) is 13.3. The van der Waals surface area contributed by atoms with Crippen molar-refractivity contribution in [3.05, 3.63) is 95.1 Å². The van der Waals surface area contributed by atoms with Crippen LogP contribution in [0.2, 0.25) is 0 Å². The lowest BCUT2D eigenvalue weighted by Crippen LogP contribution is -2.46. The Bertz CT molecular complexity index is 1510. The van der Waals surface area contributed by atoms with Gasteiger partial charge in [-0.15, -0.1) is 0 Å². The first-order chi connectivity index (χ1) is 20.6. The summed E-state index contributed by atoms with van der Waals surface area (Å²) in [4.78, 5) is 27.0. The zero-order valence-electron chi connectivity index (χ0n) is 23.5. The van der Waals surface area contributed by atoms with Crippen LogP contribution in [-0.2, 0) is 30.2 Å². The molecule has 218 valence electrons. The number of amides is 1. The van der Waals surface area contributed by atoms with E-state index in [-0.39, 0.29) is 18.5 Å². The van der Waals surface area contributed by atoms with Crippen LogP contribution in [0.1, 0.15) is 33.1 Å². The van der Waals surface area contributed by atoms with Gasteiger partial charge in [0.1, 0.15) is 11.6 Å². The van der Waals surface area contributed by atoms with E-state index in [9.17, 15) is 4.79 Å². The average molecular weight is 588 g/mol. The molecule has 0 saturated carbocycles. The number of anilines is 1. The molecule has 4 aromatic rings. The number of piperazine rings is 1. The van der Waals surface area contributed by atoms with E-state index < -0.39 is 0 Å². The fourth-order valence-electron chi connectivity index (χ4n) is 4.92. The van der Waals surface area contributed by atoms with Crippen molar-refractivity contribution in [2.24, 2.45) is 0 Å². The molecule has 2 aromatic heterocycles. The number of nitrogens with one attached hydrogen (secondary N) is 1. The summed E-state index contributed by atoms with van der Waals surface area (Å²) in [6, 6.07) is 21.7.